The van der Waals surface area contributed by atoms with E-state index >= 15 is 0 Å². The highest BCUT2D eigenvalue weighted by molar-refractivity contribution is 5.82. The molecule has 244 valence electrons. The fourth-order valence-electron chi connectivity index (χ4n) is 7.99. The summed E-state index contributed by atoms with van der Waals surface area (Å²) in [5.41, 5.74) is 5.15. The van der Waals surface area contributed by atoms with Gasteiger partial charge >= 0.3 is 6.03 Å². The van der Waals surface area contributed by atoms with Crippen molar-refractivity contribution in [2.24, 2.45) is 0 Å². The van der Waals surface area contributed by atoms with E-state index in [-0.39, 0.29) is 23.6 Å². The zero-order valence-electron chi connectivity index (χ0n) is 27.3. The van der Waals surface area contributed by atoms with Crippen molar-refractivity contribution in [3.8, 4) is 0 Å². The van der Waals surface area contributed by atoms with E-state index < -0.39 is 0 Å². The third kappa shape index (κ3) is 6.84. The minimum atomic E-state index is -0.0116. The molecule has 3 saturated heterocycles. The van der Waals surface area contributed by atoms with E-state index in [0.29, 0.717) is 19.1 Å². The molecule has 7 rings (SSSR count). The van der Waals surface area contributed by atoms with Crippen LogP contribution in [0.1, 0.15) is 48.3 Å². The Balaban J connectivity index is 1.00. The Morgan fingerprint density at radius 2 is 1.72 bits per heavy atom. The summed E-state index contributed by atoms with van der Waals surface area (Å²) in [7, 11) is 2.22. The second-order valence-corrected chi connectivity index (χ2v) is 13.9. The van der Waals surface area contributed by atoms with Crippen molar-refractivity contribution >= 4 is 27.8 Å². The number of H-pyrrole nitrogens is 2. The van der Waals surface area contributed by atoms with Gasteiger partial charge in [0.2, 0.25) is 0 Å². The third-order valence-corrected chi connectivity index (χ3v) is 10.7. The number of nitrogens with one attached hydrogen (secondary N) is 3. The Morgan fingerprint density at radius 1 is 0.957 bits per heavy atom. The number of piperazine rings is 1. The van der Waals surface area contributed by atoms with Crippen molar-refractivity contribution in [1.82, 2.24) is 40.1 Å². The fourth-order valence-corrected chi connectivity index (χ4v) is 7.99. The number of aromatic nitrogens is 3. The quantitative estimate of drug-likeness (QED) is 0.288. The highest BCUT2D eigenvalue weighted by Gasteiger charge is 2.30. The van der Waals surface area contributed by atoms with Gasteiger partial charge in [0.15, 0.2) is 0 Å². The van der Waals surface area contributed by atoms with Crippen LogP contribution in [0.25, 0.3) is 21.8 Å². The number of hydrogen-bond acceptors (Lipinski definition) is 6. The second kappa shape index (κ2) is 13.6. The van der Waals surface area contributed by atoms with Crippen molar-refractivity contribution in [2.75, 3.05) is 66.0 Å². The first-order valence-electron chi connectivity index (χ1n) is 17.1. The lowest BCUT2D eigenvalue weighted by Crippen LogP contribution is -2.56. The molecule has 3 aliphatic heterocycles. The molecule has 0 aliphatic carbocycles. The van der Waals surface area contributed by atoms with Crippen LogP contribution in [0.15, 0.2) is 53.5 Å². The Labute approximate surface area is 271 Å². The topological polar surface area (TPSA) is 104 Å². The van der Waals surface area contributed by atoms with Gasteiger partial charge in [0.05, 0.1) is 11.7 Å². The molecule has 46 heavy (non-hydrogen) atoms. The highest BCUT2D eigenvalue weighted by atomic mass is 16.2. The Bertz CT molecular complexity index is 1710. The summed E-state index contributed by atoms with van der Waals surface area (Å²) in [6.07, 6.45) is 6.75. The lowest BCUT2D eigenvalue weighted by molar-refractivity contribution is 0.0608. The Kier molecular flexibility index (Phi) is 9.10. The van der Waals surface area contributed by atoms with Crippen LogP contribution in [0.5, 0.6) is 0 Å². The van der Waals surface area contributed by atoms with E-state index in [1.165, 1.54) is 37.1 Å². The molecule has 4 aromatic rings. The van der Waals surface area contributed by atoms with E-state index in [4.69, 9.17) is 0 Å². The summed E-state index contributed by atoms with van der Waals surface area (Å²) in [5, 5.41) is 13.0. The van der Waals surface area contributed by atoms with Gasteiger partial charge in [0.25, 0.3) is 5.56 Å². The van der Waals surface area contributed by atoms with Crippen LogP contribution in [0.2, 0.25) is 0 Å². The third-order valence-electron chi connectivity index (χ3n) is 10.7. The molecule has 10 heteroatoms. The number of amides is 2. The van der Waals surface area contributed by atoms with Gasteiger partial charge < -0.3 is 20.1 Å². The van der Waals surface area contributed by atoms with E-state index in [1.807, 2.05) is 41.4 Å². The van der Waals surface area contributed by atoms with Crippen LogP contribution < -0.4 is 10.9 Å². The molecule has 2 aromatic heterocycles. The number of pyridine rings is 1. The summed E-state index contributed by atoms with van der Waals surface area (Å²) in [6.45, 7) is 10.9. The molecule has 2 aromatic carbocycles. The first-order valence-corrected chi connectivity index (χ1v) is 17.1. The minimum absolute atomic E-state index is 0.00180. The smallest absolute Gasteiger partial charge is 0.317 e. The molecule has 5 heterocycles. The van der Waals surface area contributed by atoms with Crippen LogP contribution in [0.4, 0.5) is 4.79 Å². The van der Waals surface area contributed by atoms with Crippen molar-refractivity contribution in [1.29, 1.82) is 0 Å². The van der Waals surface area contributed by atoms with Crippen molar-refractivity contribution in [3.05, 3.63) is 75.7 Å². The number of hydrogen-bond donors (Lipinski definition) is 3. The molecule has 3 N–H and O–H groups in total. The number of carbonyl (C=O) groups is 1. The van der Waals surface area contributed by atoms with Crippen LogP contribution in [-0.4, -0.2) is 119 Å². The summed E-state index contributed by atoms with van der Waals surface area (Å²) in [4.78, 5) is 39.3. The van der Waals surface area contributed by atoms with Crippen molar-refractivity contribution in [3.63, 3.8) is 0 Å². The number of para-hydroxylation sites is 1. The predicted molar refractivity (Wildman–Crippen MR) is 184 cm³/mol. The molecule has 0 radical (unpaired) electrons. The van der Waals surface area contributed by atoms with Crippen LogP contribution in [0.3, 0.4) is 0 Å². The number of carbonyl (C=O) groups excluding carboxylic acids is 1. The van der Waals surface area contributed by atoms with Crippen LogP contribution >= 0.6 is 0 Å². The number of benzene rings is 2. The molecular weight excluding hydrogens is 576 g/mol. The molecule has 10 nitrogen and oxygen atoms in total. The Morgan fingerprint density at radius 3 is 2.50 bits per heavy atom. The standard InChI is InChI=1S/C36H48N8O2/c1-25-19-26(20-29-23-37-40-34(25)29)21-30(24-42-15-17-43(18-16-42)31-9-11-41(2)12-10-31)38-36(46)44-13-7-27(8-14-44)32-22-28-5-3-4-6-33(28)39-35(32)45/h3-6,19-20,22-23,27,30-31H,7-18,21,24H2,1-2H3,(H,37,40)(H,38,46)(H,39,45)/t30-/m1/s1. The van der Waals surface area contributed by atoms with Crippen molar-refractivity contribution < 1.29 is 4.79 Å². The van der Waals surface area contributed by atoms with Gasteiger partial charge in [-0.05, 0) is 99.8 Å². The zero-order valence-corrected chi connectivity index (χ0v) is 27.3. The summed E-state index contributed by atoms with van der Waals surface area (Å²) >= 11 is 0. The van der Waals surface area contributed by atoms with Gasteiger partial charge in [-0.2, -0.15) is 5.10 Å². The zero-order chi connectivity index (χ0) is 31.6. The van der Waals surface area contributed by atoms with Gasteiger partial charge in [0, 0.05) is 74.4 Å². The van der Waals surface area contributed by atoms with E-state index in [2.05, 4.69) is 61.3 Å². The molecule has 0 spiro atoms. The lowest BCUT2D eigenvalue weighted by Gasteiger charge is -2.43. The van der Waals surface area contributed by atoms with E-state index in [1.54, 1.807) is 0 Å². The number of rotatable bonds is 7. The van der Waals surface area contributed by atoms with Gasteiger partial charge in [-0.25, -0.2) is 4.79 Å². The van der Waals surface area contributed by atoms with Gasteiger partial charge in [-0.1, -0.05) is 24.3 Å². The van der Waals surface area contributed by atoms with E-state index in [9.17, 15) is 9.59 Å². The molecule has 3 aliphatic rings. The normalized spacial score (nSPS) is 20.4. The number of nitrogens with zero attached hydrogens (tertiary/aromatic N) is 5. The second-order valence-electron chi connectivity index (χ2n) is 13.9. The number of urea groups is 1. The van der Waals surface area contributed by atoms with Crippen molar-refractivity contribution in [2.45, 2.75) is 57.0 Å². The number of likely N-dealkylation sites (tertiary alicyclic amines) is 2. The monoisotopic (exact) mass is 624 g/mol. The molecule has 0 unspecified atom stereocenters. The number of fused-ring (bicyclic) bond motifs is 2. The predicted octanol–water partition coefficient (Wildman–Crippen LogP) is 3.92. The summed E-state index contributed by atoms with van der Waals surface area (Å²) < 4.78 is 0. The fraction of sp³-hybridized carbons (Fsp3) is 0.528. The lowest BCUT2D eigenvalue weighted by atomic mass is 9.89. The maximum absolute atomic E-state index is 13.7. The molecule has 3 fully saturated rings. The average molecular weight is 625 g/mol. The van der Waals surface area contributed by atoms with Crippen LogP contribution in [0, 0.1) is 6.92 Å². The summed E-state index contributed by atoms with van der Waals surface area (Å²) in [5.74, 6) is 0.152. The maximum Gasteiger partial charge on any atom is 0.317 e. The maximum atomic E-state index is 13.7. The average Bonchev–Trinajstić information content (AvgIpc) is 3.55. The molecular formula is C36H48N8O2. The molecule has 1 atom stereocenters. The van der Waals surface area contributed by atoms with Gasteiger partial charge in [-0.15, -0.1) is 0 Å². The first-order chi connectivity index (χ1) is 22.4. The SMILES string of the molecule is Cc1cc(C[C@H](CN2CCN(C3CCN(C)CC3)CC2)NC(=O)N2CCC(c3cc4ccccc4[nH]c3=O)CC2)cc2cn[nH]c12. The number of aryl methyl sites for hydroxylation is 1. The largest absolute Gasteiger partial charge is 0.334 e. The van der Waals surface area contributed by atoms with E-state index in [0.717, 1.165) is 79.4 Å². The highest BCUT2D eigenvalue weighted by Crippen LogP contribution is 2.28. The van der Waals surface area contributed by atoms with Gasteiger partial charge in [0.1, 0.15) is 0 Å². The van der Waals surface area contributed by atoms with Gasteiger partial charge in [-0.3, -0.25) is 19.7 Å². The molecule has 2 amide bonds. The number of aromatic amines is 2. The summed E-state index contributed by atoms with van der Waals surface area (Å²) in [6, 6.07) is 15.1. The Hall–Kier alpha value is -3.73. The minimum Gasteiger partial charge on any atom is -0.334 e. The number of piperidine rings is 2. The molecule has 0 saturated carbocycles. The molecule has 0 bridgehead atoms. The van der Waals surface area contributed by atoms with Crippen LogP contribution in [-0.2, 0) is 6.42 Å². The first kappa shape index (κ1) is 30.9.